The molecule has 2 aromatic rings. The third-order valence-corrected chi connectivity index (χ3v) is 4.50. The molecule has 4 rings (SSSR count). The highest BCUT2D eigenvalue weighted by molar-refractivity contribution is 5.97. The van der Waals surface area contributed by atoms with E-state index in [0.717, 1.165) is 23.5 Å². The smallest absolute Gasteiger partial charge is 0.257 e. The van der Waals surface area contributed by atoms with Crippen LogP contribution in [0, 0.1) is 0 Å². The lowest BCUT2D eigenvalue weighted by Crippen LogP contribution is -2.36. The van der Waals surface area contributed by atoms with Gasteiger partial charge in [-0.2, -0.15) is 0 Å². The Labute approximate surface area is 140 Å². The molecule has 5 heteroatoms. The number of hydrogen-bond acceptors (Lipinski definition) is 4. The van der Waals surface area contributed by atoms with Gasteiger partial charge in [-0.25, -0.2) is 0 Å². The fraction of sp³-hybridized carbons (Fsp3) is 0.316. The maximum Gasteiger partial charge on any atom is 0.257 e. The molecule has 0 saturated carbocycles. The molecule has 2 aliphatic rings. The van der Waals surface area contributed by atoms with Crippen molar-refractivity contribution in [2.45, 2.75) is 13.0 Å². The molecule has 0 aliphatic carbocycles. The van der Waals surface area contributed by atoms with Crippen molar-refractivity contribution < 1.29 is 19.0 Å². The minimum absolute atomic E-state index is 0.00649. The summed E-state index contributed by atoms with van der Waals surface area (Å²) in [7, 11) is 1.58. The molecule has 2 heterocycles. The second kappa shape index (κ2) is 6.07. The van der Waals surface area contributed by atoms with Crippen molar-refractivity contribution >= 4 is 5.91 Å². The number of ether oxygens (including phenoxy) is 3. The highest BCUT2D eigenvalue weighted by Gasteiger charge is 2.26. The van der Waals surface area contributed by atoms with E-state index in [9.17, 15) is 4.79 Å². The molecule has 0 bridgehead atoms. The number of rotatable bonds is 2. The van der Waals surface area contributed by atoms with Gasteiger partial charge in [-0.15, -0.1) is 0 Å². The van der Waals surface area contributed by atoms with Gasteiger partial charge >= 0.3 is 0 Å². The van der Waals surface area contributed by atoms with Gasteiger partial charge in [0.15, 0.2) is 11.5 Å². The number of nitrogens with zero attached hydrogens (tertiary/aromatic N) is 1. The van der Waals surface area contributed by atoms with Crippen LogP contribution >= 0.6 is 0 Å². The topological polar surface area (TPSA) is 48.0 Å². The van der Waals surface area contributed by atoms with Crippen molar-refractivity contribution in [2.24, 2.45) is 0 Å². The van der Waals surface area contributed by atoms with Gasteiger partial charge in [0.25, 0.3) is 5.91 Å². The predicted molar refractivity (Wildman–Crippen MR) is 88.9 cm³/mol. The first kappa shape index (κ1) is 14.9. The molecule has 0 unspecified atom stereocenters. The number of carbonyl (C=O) groups is 1. The first-order chi connectivity index (χ1) is 11.8. The van der Waals surface area contributed by atoms with Crippen molar-refractivity contribution in [1.29, 1.82) is 0 Å². The largest absolute Gasteiger partial charge is 0.496 e. The number of fused-ring (bicyclic) bond motifs is 2. The van der Waals surface area contributed by atoms with Crippen molar-refractivity contribution in [3.05, 3.63) is 53.1 Å². The Balaban J connectivity index is 1.61. The maximum atomic E-state index is 12.9. The van der Waals surface area contributed by atoms with Crippen molar-refractivity contribution in [1.82, 2.24) is 4.90 Å². The zero-order valence-electron chi connectivity index (χ0n) is 13.6. The van der Waals surface area contributed by atoms with Crippen LogP contribution in [0.4, 0.5) is 0 Å². The Morgan fingerprint density at radius 1 is 1.08 bits per heavy atom. The molecule has 24 heavy (non-hydrogen) atoms. The van der Waals surface area contributed by atoms with Crippen LogP contribution in [0.1, 0.15) is 21.5 Å². The average molecular weight is 325 g/mol. The fourth-order valence-corrected chi connectivity index (χ4v) is 3.26. The third kappa shape index (κ3) is 2.56. The van der Waals surface area contributed by atoms with Gasteiger partial charge in [0.05, 0.1) is 12.7 Å². The molecular weight excluding hydrogens is 306 g/mol. The molecule has 1 amide bonds. The highest BCUT2D eigenvalue weighted by Crippen LogP contribution is 2.35. The zero-order chi connectivity index (χ0) is 16.5. The second-order valence-electron chi connectivity index (χ2n) is 5.94. The lowest BCUT2D eigenvalue weighted by atomic mass is 9.98. The Hall–Kier alpha value is -2.69. The molecule has 5 nitrogen and oxygen atoms in total. The summed E-state index contributed by atoms with van der Waals surface area (Å²) < 4.78 is 16.6. The number of benzene rings is 2. The van der Waals surface area contributed by atoms with E-state index in [1.165, 1.54) is 5.56 Å². The highest BCUT2D eigenvalue weighted by atomic mass is 16.6. The minimum Gasteiger partial charge on any atom is -0.496 e. The van der Waals surface area contributed by atoms with E-state index >= 15 is 0 Å². The molecule has 0 radical (unpaired) electrons. The van der Waals surface area contributed by atoms with E-state index in [0.29, 0.717) is 37.6 Å². The summed E-state index contributed by atoms with van der Waals surface area (Å²) >= 11 is 0. The van der Waals surface area contributed by atoms with Gasteiger partial charge in [0.1, 0.15) is 19.0 Å². The Kier molecular flexibility index (Phi) is 3.76. The fourth-order valence-electron chi connectivity index (χ4n) is 3.26. The minimum atomic E-state index is -0.00649. The number of methoxy groups -OCH3 is 1. The van der Waals surface area contributed by atoms with Crippen LogP contribution in [0.2, 0.25) is 0 Å². The van der Waals surface area contributed by atoms with E-state index in [1.54, 1.807) is 13.2 Å². The molecule has 2 aliphatic heterocycles. The van der Waals surface area contributed by atoms with E-state index in [2.05, 4.69) is 6.07 Å². The summed E-state index contributed by atoms with van der Waals surface area (Å²) in [6.45, 7) is 2.41. The molecule has 0 atom stereocenters. The van der Waals surface area contributed by atoms with Crippen LogP contribution in [0.5, 0.6) is 17.2 Å². The van der Waals surface area contributed by atoms with Crippen LogP contribution in [0.25, 0.3) is 0 Å². The number of hydrogen-bond donors (Lipinski definition) is 0. The summed E-state index contributed by atoms with van der Waals surface area (Å²) in [4.78, 5) is 14.7. The van der Waals surface area contributed by atoms with Crippen LogP contribution in [0.3, 0.4) is 0 Å². The van der Waals surface area contributed by atoms with Crippen molar-refractivity contribution in [2.75, 3.05) is 26.9 Å². The van der Waals surface area contributed by atoms with Gasteiger partial charge in [0.2, 0.25) is 0 Å². The standard InChI is InChI=1S/C19H19NO4/c1-22-16-5-3-2-4-15(16)19(21)20-7-6-13-10-17-18(11-14(13)12-20)24-9-8-23-17/h2-5,10-11H,6-9,12H2,1H3. The Bertz CT molecular complexity index is 787. The van der Waals surface area contributed by atoms with Crippen molar-refractivity contribution in [3.63, 3.8) is 0 Å². The van der Waals surface area contributed by atoms with E-state index in [4.69, 9.17) is 14.2 Å². The van der Waals surface area contributed by atoms with E-state index in [-0.39, 0.29) is 5.91 Å². The van der Waals surface area contributed by atoms with E-state index < -0.39 is 0 Å². The summed E-state index contributed by atoms with van der Waals surface area (Å²) in [5.74, 6) is 2.18. The summed E-state index contributed by atoms with van der Waals surface area (Å²) in [6, 6.07) is 11.4. The number of amides is 1. The van der Waals surface area contributed by atoms with Gasteiger partial charge in [-0.3, -0.25) is 4.79 Å². The second-order valence-corrected chi connectivity index (χ2v) is 5.94. The first-order valence-electron chi connectivity index (χ1n) is 8.10. The van der Waals surface area contributed by atoms with Crippen LogP contribution in [0.15, 0.2) is 36.4 Å². The molecule has 0 N–H and O–H groups in total. The summed E-state index contributed by atoms with van der Waals surface area (Å²) in [5, 5.41) is 0. The van der Waals surface area contributed by atoms with Gasteiger partial charge in [0, 0.05) is 13.1 Å². The van der Waals surface area contributed by atoms with Gasteiger partial charge < -0.3 is 19.1 Å². The van der Waals surface area contributed by atoms with Gasteiger partial charge in [-0.1, -0.05) is 12.1 Å². The zero-order valence-corrected chi connectivity index (χ0v) is 13.6. The molecule has 0 saturated heterocycles. The summed E-state index contributed by atoms with van der Waals surface area (Å²) in [5.41, 5.74) is 2.94. The molecule has 0 fully saturated rings. The van der Waals surface area contributed by atoms with Crippen molar-refractivity contribution in [3.8, 4) is 17.2 Å². The van der Waals surface area contributed by atoms with Crippen LogP contribution in [-0.4, -0.2) is 37.7 Å². The SMILES string of the molecule is COc1ccccc1C(=O)N1CCc2cc3c(cc2C1)OCCO3. The van der Waals surface area contributed by atoms with Gasteiger partial charge in [-0.05, 0) is 41.8 Å². The maximum absolute atomic E-state index is 12.9. The Morgan fingerprint density at radius 3 is 2.54 bits per heavy atom. The van der Waals surface area contributed by atoms with Crippen LogP contribution < -0.4 is 14.2 Å². The molecule has 0 spiro atoms. The predicted octanol–water partition coefficient (Wildman–Crippen LogP) is 2.66. The molecule has 0 aromatic heterocycles. The molecule has 124 valence electrons. The number of para-hydroxylation sites is 1. The monoisotopic (exact) mass is 325 g/mol. The van der Waals surface area contributed by atoms with Crippen LogP contribution in [-0.2, 0) is 13.0 Å². The lowest BCUT2D eigenvalue weighted by Gasteiger charge is -2.31. The first-order valence-corrected chi connectivity index (χ1v) is 8.10. The quantitative estimate of drug-likeness (QED) is 0.852. The summed E-state index contributed by atoms with van der Waals surface area (Å²) in [6.07, 6.45) is 0.812. The molecule has 2 aromatic carbocycles. The average Bonchev–Trinajstić information content (AvgIpc) is 2.65. The lowest BCUT2D eigenvalue weighted by molar-refractivity contribution is 0.0730. The Morgan fingerprint density at radius 2 is 1.79 bits per heavy atom. The molecular formula is C19H19NO4. The third-order valence-electron chi connectivity index (χ3n) is 4.50. The normalized spacial score (nSPS) is 15.6. The van der Waals surface area contributed by atoms with E-state index in [1.807, 2.05) is 29.2 Å². The number of carbonyl (C=O) groups excluding carboxylic acids is 1.